The highest BCUT2D eigenvalue weighted by Gasteiger charge is 2.24. The summed E-state index contributed by atoms with van der Waals surface area (Å²) in [4.78, 5) is 21.7. The van der Waals surface area contributed by atoms with Crippen LogP contribution in [0.4, 0.5) is 0 Å². The summed E-state index contributed by atoms with van der Waals surface area (Å²) in [6, 6.07) is 16.4. The lowest BCUT2D eigenvalue weighted by molar-refractivity contribution is 0.0930. The summed E-state index contributed by atoms with van der Waals surface area (Å²) >= 11 is 5.95. The van der Waals surface area contributed by atoms with Crippen molar-refractivity contribution in [2.24, 2.45) is 7.05 Å². The van der Waals surface area contributed by atoms with Crippen LogP contribution in [0.15, 0.2) is 67.0 Å². The van der Waals surface area contributed by atoms with Crippen LogP contribution < -0.4 is 5.32 Å². The van der Waals surface area contributed by atoms with Gasteiger partial charge in [-0.3, -0.25) is 4.79 Å². The monoisotopic (exact) mass is 406 g/mol. The molecule has 2 aromatic carbocycles. The number of rotatable bonds is 5. The highest BCUT2D eigenvalue weighted by Crippen LogP contribution is 2.21. The molecule has 8 heteroatoms. The number of hydrogen-bond acceptors (Lipinski definition) is 4. The van der Waals surface area contributed by atoms with Crippen LogP contribution in [0.2, 0.25) is 5.02 Å². The highest BCUT2D eigenvalue weighted by atomic mass is 35.5. The third kappa shape index (κ3) is 3.90. The number of imidazole rings is 1. The van der Waals surface area contributed by atoms with Crippen molar-refractivity contribution in [3.63, 3.8) is 0 Å². The molecule has 4 rings (SSSR count). The van der Waals surface area contributed by atoms with E-state index < -0.39 is 6.04 Å². The molecule has 0 spiro atoms. The SMILES string of the molecule is Cc1nc(C(=O)NC(c2ccccc2)c2nccn2C)nn1-c1ccc(Cl)cc1. The van der Waals surface area contributed by atoms with Crippen molar-refractivity contribution < 1.29 is 4.79 Å². The summed E-state index contributed by atoms with van der Waals surface area (Å²) in [5.74, 6) is 1.04. The van der Waals surface area contributed by atoms with Crippen molar-refractivity contribution in [1.82, 2.24) is 29.6 Å². The van der Waals surface area contributed by atoms with Crippen LogP contribution in [0, 0.1) is 6.92 Å². The number of aromatic nitrogens is 5. The number of benzene rings is 2. The van der Waals surface area contributed by atoms with Crippen LogP contribution in [0.5, 0.6) is 0 Å². The molecule has 0 bridgehead atoms. The first kappa shape index (κ1) is 18.9. The maximum absolute atomic E-state index is 13.0. The molecule has 4 aromatic rings. The molecule has 29 heavy (non-hydrogen) atoms. The number of carbonyl (C=O) groups excluding carboxylic acids is 1. The van der Waals surface area contributed by atoms with Gasteiger partial charge < -0.3 is 9.88 Å². The van der Waals surface area contributed by atoms with E-state index in [4.69, 9.17) is 11.6 Å². The predicted octanol–water partition coefficient (Wildman–Crippen LogP) is 3.48. The van der Waals surface area contributed by atoms with Gasteiger partial charge >= 0.3 is 0 Å². The lowest BCUT2D eigenvalue weighted by Gasteiger charge is -2.18. The predicted molar refractivity (Wildman–Crippen MR) is 110 cm³/mol. The second-order valence-electron chi connectivity index (χ2n) is 6.58. The van der Waals surface area contributed by atoms with Gasteiger partial charge in [-0.05, 0) is 36.8 Å². The number of amides is 1. The van der Waals surface area contributed by atoms with Gasteiger partial charge in [0.05, 0.1) is 5.69 Å². The van der Waals surface area contributed by atoms with Crippen LogP contribution >= 0.6 is 11.6 Å². The average Bonchev–Trinajstić information content (AvgIpc) is 3.33. The van der Waals surface area contributed by atoms with Crippen LogP contribution in [0.25, 0.3) is 5.69 Å². The van der Waals surface area contributed by atoms with Gasteiger partial charge in [0.2, 0.25) is 5.82 Å². The largest absolute Gasteiger partial charge is 0.336 e. The fourth-order valence-corrected chi connectivity index (χ4v) is 3.23. The van der Waals surface area contributed by atoms with Crippen molar-refractivity contribution in [1.29, 1.82) is 0 Å². The molecule has 1 atom stereocenters. The van der Waals surface area contributed by atoms with Crippen LogP contribution in [-0.2, 0) is 7.05 Å². The minimum atomic E-state index is -0.425. The molecule has 2 heterocycles. The van der Waals surface area contributed by atoms with Gasteiger partial charge in [0.1, 0.15) is 17.7 Å². The number of carbonyl (C=O) groups is 1. The molecule has 146 valence electrons. The molecule has 0 saturated carbocycles. The Bertz CT molecular complexity index is 1130. The molecule has 0 radical (unpaired) electrons. The summed E-state index contributed by atoms with van der Waals surface area (Å²) in [7, 11) is 1.89. The Hall–Kier alpha value is -3.45. The van der Waals surface area contributed by atoms with Gasteiger partial charge in [-0.15, -0.1) is 5.10 Å². The Balaban J connectivity index is 1.64. The number of hydrogen-bond donors (Lipinski definition) is 1. The Morgan fingerprint density at radius 2 is 1.83 bits per heavy atom. The quantitative estimate of drug-likeness (QED) is 0.550. The summed E-state index contributed by atoms with van der Waals surface area (Å²) < 4.78 is 3.49. The van der Waals surface area contributed by atoms with Gasteiger partial charge in [0.15, 0.2) is 0 Å². The summed E-state index contributed by atoms with van der Waals surface area (Å²) in [5, 5.41) is 8.03. The van der Waals surface area contributed by atoms with E-state index in [-0.39, 0.29) is 11.7 Å². The fraction of sp³-hybridized carbons (Fsp3) is 0.143. The Morgan fingerprint density at radius 1 is 1.10 bits per heavy atom. The summed E-state index contributed by atoms with van der Waals surface area (Å²) in [6.45, 7) is 1.80. The topological polar surface area (TPSA) is 77.6 Å². The molecule has 7 nitrogen and oxygen atoms in total. The van der Waals surface area contributed by atoms with Crippen LogP contribution in [0.1, 0.15) is 33.9 Å². The standard InChI is InChI=1S/C21H19ClN6O/c1-14-24-19(26-28(14)17-10-8-16(22)9-11-17)21(29)25-18(15-6-4-3-5-7-15)20-23-12-13-27(20)2/h3-13,18H,1-2H3,(H,25,29). The average molecular weight is 407 g/mol. The number of nitrogens with one attached hydrogen (secondary N) is 1. The number of halogens is 1. The van der Waals surface area contributed by atoms with Crippen molar-refractivity contribution in [2.45, 2.75) is 13.0 Å². The van der Waals surface area contributed by atoms with Gasteiger partial charge in [0.25, 0.3) is 5.91 Å². The molecular weight excluding hydrogens is 388 g/mol. The summed E-state index contributed by atoms with van der Waals surface area (Å²) in [5.41, 5.74) is 1.70. The molecule has 0 fully saturated rings. The van der Waals surface area contributed by atoms with Crippen LogP contribution in [0.3, 0.4) is 0 Å². The normalized spacial score (nSPS) is 12.0. The second kappa shape index (κ2) is 7.89. The van der Waals surface area contributed by atoms with E-state index in [1.54, 1.807) is 29.9 Å². The second-order valence-corrected chi connectivity index (χ2v) is 7.02. The molecular formula is C21H19ClN6O. The van der Waals surface area contributed by atoms with Crippen molar-refractivity contribution in [3.8, 4) is 5.69 Å². The smallest absolute Gasteiger partial charge is 0.291 e. The molecule has 0 aliphatic carbocycles. The first-order valence-electron chi connectivity index (χ1n) is 9.05. The van der Waals surface area contributed by atoms with Crippen molar-refractivity contribution in [3.05, 3.63) is 95.1 Å². The van der Waals surface area contributed by atoms with Crippen molar-refractivity contribution in [2.75, 3.05) is 0 Å². The molecule has 0 saturated heterocycles. The molecule has 0 aliphatic heterocycles. The van der Waals surface area contributed by atoms with E-state index in [0.29, 0.717) is 10.8 Å². The molecule has 1 amide bonds. The van der Waals surface area contributed by atoms with E-state index in [9.17, 15) is 4.79 Å². The van der Waals surface area contributed by atoms with Crippen LogP contribution in [-0.4, -0.2) is 30.2 Å². The number of aryl methyl sites for hydroxylation is 2. The minimum Gasteiger partial charge on any atom is -0.336 e. The Kier molecular flexibility index (Phi) is 5.14. The van der Waals surface area contributed by atoms with E-state index in [1.807, 2.05) is 60.3 Å². The lowest BCUT2D eigenvalue weighted by Crippen LogP contribution is -2.32. The zero-order valence-corrected chi connectivity index (χ0v) is 16.7. The first-order chi connectivity index (χ1) is 14.0. The van der Waals surface area contributed by atoms with E-state index in [1.165, 1.54) is 0 Å². The van der Waals surface area contributed by atoms with Gasteiger partial charge in [-0.25, -0.2) is 14.6 Å². The maximum Gasteiger partial charge on any atom is 0.291 e. The third-order valence-corrected chi connectivity index (χ3v) is 4.82. The molecule has 0 aliphatic rings. The highest BCUT2D eigenvalue weighted by molar-refractivity contribution is 6.30. The first-order valence-corrected chi connectivity index (χ1v) is 9.43. The lowest BCUT2D eigenvalue weighted by atomic mass is 10.1. The van der Waals surface area contributed by atoms with Gasteiger partial charge in [-0.1, -0.05) is 41.9 Å². The zero-order chi connectivity index (χ0) is 20.4. The number of nitrogens with zero attached hydrogens (tertiary/aromatic N) is 5. The van der Waals surface area contributed by atoms with E-state index in [2.05, 4.69) is 20.4 Å². The molecule has 2 aromatic heterocycles. The Labute approximate surface area is 173 Å². The Morgan fingerprint density at radius 3 is 2.48 bits per heavy atom. The third-order valence-electron chi connectivity index (χ3n) is 4.57. The maximum atomic E-state index is 13.0. The molecule has 1 unspecified atom stereocenters. The van der Waals surface area contributed by atoms with Crippen molar-refractivity contribution >= 4 is 17.5 Å². The minimum absolute atomic E-state index is 0.0904. The van der Waals surface area contributed by atoms with Gasteiger partial charge in [-0.2, -0.15) is 0 Å². The zero-order valence-electron chi connectivity index (χ0n) is 16.0. The van der Waals surface area contributed by atoms with Gasteiger partial charge in [0, 0.05) is 24.5 Å². The molecule has 1 N–H and O–H groups in total. The van der Waals surface area contributed by atoms with E-state index in [0.717, 1.165) is 17.1 Å². The van der Waals surface area contributed by atoms with E-state index >= 15 is 0 Å². The summed E-state index contributed by atoms with van der Waals surface area (Å²) in [6.07, 6.45) is 3.55. The fourth-order valence-electron chi connectivity index (χ4n) is 3.11.